The SMILES string of the molecule is NC(=O)[C@@]1(C2CC2)COc2c1cc([C@@](O)(CNC(=O)c1cc(NC(=O)NC3CC3)c3ncc(Cl)cc3c1)C(F)(F)F)nc2-c1ccc(F)cc1. The van der Waals surface area contributed by atoms with Crippen LogP contribution in [0.25, 0.3) is 22.2 Å². The van der Waals surface area contributed by atoms with Crippen molar-refractivity contribution in [2.45, 2.75) is 48.9 Å². The number of carbonyl (C=O) groups excluding carboxylic acids is 3. The molecule has 2 atom stereocenters. The third-order valence-electron chi connectivity index (χ3n) is 9.30. The lowest BCUT2D eigenvalue weighted by molar-refractivity contribution is -0.265. The van der Waals surface area contributed by atoms with Crippen molar-refractivity contribution in [2.75, 3.05) is 18.5 Å². The van der Waals surface area contributed by atoms with Crippen LogP contribution in [-0.4, -0.2) is 58.3 Å². The molecule has 0 radical (unpaired) electrons. The molecule has 0 unspecified atom stereocenters. The van der Waals surface area contributed by atoms with Gasteiger partial charge in [0, 0.05) is 34.3 Å². The topological polar surface area (TPSA) is 169 Å². The molecule has 3 heterocycles. The molecule has 11 nitrogen and oxygen atoms in total. The Labute approximate surface area is 286 Å². The number of aromatic nitrogens is 2. The van der Waals surface area contributed by atoms with Gasteiger partial charge in [0.05, 0.1) is 28.5 Å². The third-order valence-corrected chi connectivity index (χ3v) is 9.51. The smallest absolute Gasteiger partial charge is 0.424 e. The number of nitrogens with zero attached hydrogens (tertiary/aromatic N) is 2. The van der Waals surface area contributed by atoms with Gasteiger partial charge in [-0.05, 0) is 80.1 Å². The molecule has 50 heavy (non-hydrogen) atoms. The van der Waals surface area contributed by atoms with Crippen molar-refractivity contribution < 1.29 is 41.8 Å². The van der Waals surface area contributed by atoms with Crippen LogP contribution in [0.3, 0.4) is 0 Å². The fourth-order valence-corrected chi connectivity index (χ4v) is 6.44. The number of fused-ring (bicyclic) bond motifs is 2. The first kappa shape index (κ1) is 33.5. The average molecular weight is 713 g/mol. The number of benzene rings is 2. The first-order chi connectivity index (χ1) is 23.7. The number of nitrogens with one attached hydrogen (secondary N) is 3. The lowest BCUT2D eigenvalue weighted by atomic mass is 9.76. The minimum atomic E-state index is -5.41. The summed E-state index contributed by atoms with van der Waals surface area (Å²) >= 11 is 6.11. The summed E-state index contributed by atoms with van der Waals surface area (Å²) in [4.78, 5) is 47.4. The zero-order valence-corrected chi connectivity index (χ0v) is 26.8. The zero-order valence-electron chi connectivity index (χ0n) is 26.0. The molecule has 2 aliphatic carbocycles. The van der Waals surface area contributed by atoms with Gasteiger partial charge in [0.1, 0.15) is 29.3 Å². The number of anilines is 1. The Kier molecular flexibility index (Phi) is 8.09. The summed E-state index contributed by atoms with van der Waals surface area (Å²) < 4.78 is 64.6. The minimum Gasteiger partial charge on any atom is -0.489 e. The fourth-order valence-electron chi connectivity index (χ4n) is 6.28. The minimum absolute atomic E-state index is 0.00574. The van der Waals surface area contributed by atoms with Crippen molar-refractivity contribution in [3.05, 3.63) is 82.4 Å². The lowest BCUT2D eigenvalue weighted by Gasteiger charge is -2.32. The third kappa shape index (κ3) is 5.93. The number of urea groups is 1. The number of hydrogen-bond acceptors (Lipinski definition) is 7. The monoisotopic (exact) mass is 712 g/mol. The fraction of sp³-hybridized carbons (Fsp3) is 0.324. The van der Waals surface area contributed by atoms with E-state index in [0.29, 0.717) is 18.2 Å². The van der Waals surface area contributed by atoms with Gasteiger partial charge in [-0.3, -0.25) is 14.6 Å². The summed E-state index contributed by atoms with van der Waals surface area (Å²) in [5.41, 5.74) is -0.173. The Morgan fingerprint density at radius 1 is 1.06 bits per heavy atom. The molecule has 2 aromatic heterocycles. The van der Waals surface area contributed by atoms with Gasteiger partial charge in [0.2, 0.25) is 11.5 Å². The van der Waals surface area contributed by atoms with Crippen LogP contribution in [0, 0.1) is 11.7 Å². The number of primary amides is 1. The maximum Gasteiger partial charge on any atom is 0.424 e. The molecular formula is C34H29ClF4N6O5. The first-order valence-corrected chi connectivity index (χ1v) is 16.1. The van der Waals surface area contributed by atoms with Gasteiger partial charge in [0.25, 0.3) is 5.91 Å². The Balaban J connectivity index is 1.27. The van der Waals surface area contributed by atoms with Gasteiger partial charge < -0.3 is 31.5 Å². The van der Waals surface area contributed by atoms with Crippen LogP contribution in [-0.2, 0) is 15.8 Å². The number of aliphatic hydroxyl groups is 1. The lowest BCUT2D eigenvalue weighted by Crippen LogP contribution is -2.52. The van der Waals surface area contributed by atoms with Gasteiger partial charge in [-0.2, -0.15) is 13.2 Å². The number of halogens is 5. The molecule has 260 valence electrons. The number of carbonyl (C=O) groups is 3. The zero-order chi connectivity index (χ0) is 35.6. The molecule has 0 spiro atoms. The summed E-state index contributed by atoms with van der Waals surface area (Å²) in [6.45, 7) is -1.66. The summed E-state index contributed by atoms with van der Waals surface area (Å²) in [6, 6.07) is 9.14. The van der Waals surface area contributed by atoms with E-state index in [1.807, 2.05) is 0 Å². The maximum atomic E-state index is 15.0. The molecule has 2 aromatic carbocycles. The highest BCUT2D eigenvalue weighted by Crippen LogP contribution is 2.56. The molecule has 7 rings (SSSR count). The van der Waals surface area contributed by atoms with Gasteiger partial charge >= 0.3 is 12.2 Å². The van der Waals surface area contributed by atoms with Crippen molar-refractivity contribution in [2.24, 2.45) is 11.7 Å². The highest BCUT2D eigenvalue weighted by atomic mass is 35.5. The standard InChI is InChI=1S/C34H29ClF4N6O5/c35-20-10-17-9-18(11-24(26(17)41-13-20)44-31(48)43-22-7-8-22)29(46)42-14-33(49,34(37,38)39)25-12-23-28(27(45-25)16-1-5-21(36)6-2-16)50-15-32(23,30(40)47)19-3-4-19/h1-2,5-6,9-13,19,22,49H,3-4,7-8,14-15H2,(H2,40,47)(H,42,46)(H2,43,44,48)/t32-,33+/m1/s1. The molecule has 4 aromatic rings. The number of pyridine rings is 2. The van der Waals surface area contributed by atoms with E-state index >= 15 is 0 Å². The Morgan fingerprint density at radius 3 is 2.42 bits per heavy atom. The van der Waals surface area contributed by atoms with Gasteiger partial charge in [-0.15, -0.1) is 0 Å². The number of hydrogen-bond donors (Lipinski definition) is 5. The highest BCUT2D eigenvalue weighted by molar-refractivity contribution is 6.31. The van der Waals surface area contributed by atoms with Crippen molar-refractivity contribution in [1.29, 1.82) is 0 Å². The molecule has 2 fully saturated rings. The first-order valence-electron chi connectivity index (χ1n) is 15.7. The highest BCUT2D eigenvalue weighted by Gasteiger charge is 2.60. The number of nitrogens with two attached hydrogens (primary N) is 1. The summed E-state index contributed by atoms with van der Waals surface area (Å²) in [6.07, 6.45) is -1.31. The van der Waals surface area contributed by atoms with Crippen LogP contribution < -0.4 is 26.4 Å². The van der Waals surface area contributed by atoms with Crippen LogP contribution >= 0.6 is 11.6 Å². The predicted molar refractivity (Wildman–Crippen MR) is 173 cm³/mol. The van der Waals surface area contributed by atoms with Gasteiger partial charge in [-0.1, -0.05) is 11.6 Å². The van der Waals surface area contributed by atoms with Gasteiger partial charge in [0.15, 0.2) is 0 Å². The van der Waals surface area contributed by atoms with Crippen molar-refractivity contribution in [3.63, 3.8) is 0 Å². The van der Waals surface area contributed by atoms with Crippen molar-refractivity contribution in [3.8, 4) is 17.0 Å². The van der Waals surface area contributed by atoms with Crippen LogP contribution in [0.15, 0.2) is 54.7 Å². The van der Waals surface area contributed by atoms with E-state index in [4.69, 9.17) is 22.1 Å². The molecule has 3 aliphatic rings. The molecular weight excluding hydrogens is 684 g/mol. The van der Waals surface area contributed by atoms with E-state index in [-0.39, 0.29) is 62.9 Å². The molecule has 6 N–H and O–H groups in total. The van der Waals surface area contributed by atoms with E-state index in [1.54, 1.807) is 0 Å². The number of alkyl halides is 3. The number of rotatable bonds is 9. The van der Waals surface area contributed by atoms with E-state index in [9.17, 15) is 37.1 Å². The van der Waals surface area contributed by atoms with E-state index < -0.39 is 53.1 Å². The number of ether oxygens (including phenoxy) is 1. The van der Waals surface area contributed by atoms with Crippen LogP contribution in [0.2, 0.25) is 5.02 Å². The van der Waals surface area contributed by atoms with E-state index in [0.717, 1.165) is 31.0 Å². The Bertz CT molecular complexity index is 2060. The summed E-state index contributed by atoms with van der Waals surface area (Å²) in [5.74, 6) is -2.79. The summed E-state index contributed by atoms with van der Waals surface area (Å²) in [5, 5.41) is 19.5. The molecule has 0 saturated heterocycles. The van der Waals surface area contributed by atoms with Crippen LogP contribution in [0.4, 0.5) is 28.0 Å². The normalized spacial score (nSPS) is 19.6. The average Bonchev–Trinajstić information content (AvgIpc) is 4.01. The number of amides is 4. The second kappa shape index (κ2) is 12.1. The Morgan fingerprint density at radius 2 is 1.78 bits per heavy atom. The summed E-state index contributed by atoms with van der Waals surface area (Å²) in [7, 11) is 0. The molecule has 1 aliphatic heterocycles. The Hall–Kier alpha value is -5.02. The van der Waals surface area contributed by atoms with E-state index in [1.165, 1.54) is 36.5 Å². The maximum absolute atomic E-state index is 15.0. The van der Waals surface area contributed by atoms with Crippen molar-refractivity contribution in [1.82, 2.24) is 20.6 Å². The van der Waals surface area contributed by atoms with E-state index in [2.05, 4.69) is 25.9 Å². The quantitative estimate of drug-likeness (QED) is 0.151. The molecule has 4 amide bonds. The van der Waals surface area contributed by atoms with Crippen LogP contribution in [0.5, 0.6) is 5.75 Å². The molecule has 2 saturated carbocycles. The van der Waals surface area contributed by atoms with Gasteiger partial charge in [-0.25, -0.2) is 14.2 Å². The largest absolute Gasteiger partial charge is 0.489 e. The second-order valence-electron chi connectivity index (χ2n) is 12.8. The van der Waals surface area contributed by atoms with Crippen LogP contribution in [0.1, 0.15) is 47.3 Å². The predicted octanol–water partition coefficient (Wildman–Crippen LogP) is 5.08. The molecule has 0 bridgehead atoms. The van der Waals surface area contributed by atoms with Crippen molar-refractivity contribution >= 4 is 46.0 Å². The molecule has 16 heteroatoms. The second-order valence-corrected chi connectivity index (χ2v) is 13.2.